The molecule has 0 spiro atoms. The molecule has 7 rings (SSSR count). The Morgan fingerprint density at radius 1 is 1.00 bits per heavy atom. The summed E-state index contributed by atoms with van der Waals surface area (Å²) in [6, 6.07) is 8.43. The number of hydrogen-bond donors (Lipinski definition) is 2. The number of piperidine rings is 1. The topological polar surface area (TPSA) is 98.4 Å². The van der Waals surface area contributed by atoms with Crippen molar-refractivity contribution < 1.29 is 14.4 Å². The molecule has 2 aliphatic heterocycles. The van der Waals surface area contributed by atoms with E-state index in [4.69, 9.17) is 0 Å². The molecule has 8 atom stereocenters. The number of nitrogens with one attached hydrogen (secondary N) is 2. The highest BCUT2D eigenvalue weighted by molar-refractivity contribution is 6.06. The molecule has 5 fully saturated rings. The third-order valence-electron chi connectivity index (χ3n) is 11.2. The second kappa shape index (κ2) is 9.72. The molecule has 5 aliphatic rings. The first-order chi connectivity index (χ1) is 18.9. The fraction of sp³-hybridized carbons (Fsp3) is 0.677. The number of likely N-dealkylation sites (tertiary alicyclic amines) is 2. The Bertz CT molecular complexity index is 1280. The first-order valence-corrected chi connectivity index (χ1v) is 15.2. The summed E-state index contributed by atoms with van der Waals surface area (Å²) in [6.07, 6.45) is 6.60. The van der Waals surface area contributed by atoms with Crippen LogP contribution in [0.1, 0.15) is 64.0 Å². The van der Waals surface area contributed by atoms with E-state index in [2.05, 4.69) is 45.5 Å². The van der Waals surface area contributed by atoms with Gasteiger partial charge in [-0.05, 0) is 80.8 Å². The zero-order chi connectivity index (χ0) is 26.8. The molecule has 6 unspecified atom stereocenters. The van der Waals surface area contributed by atoms with E-state index in [0.29, 0.717) is 24.3 Å². The lowest BCUT2D eigenvalue weighted by Gasteiger charge is -2.35. The van der Waals surface area contributed by atoms with Gasteiger partial charge in [-0.3, -0.25) is 24.4 Å². The van der Waals surface area contributed by atoms with Gasteiger partial charge in [-0.1, -0.05) is 31.5 Å². The van der Waals surface area contributed by atoms with E-state index in [1.807, 2.05) is 6.07 Å². The van der Waals surface area contributed by atoms with Gasteiger partial charge in [0.15, 0.2) is 0 Å². The quantitative estimate of drug-likeness (QED) is 0.556. The van der Waals surface area contributed by atoms with E-state index < -0.39 is 0 Å². The number of rotatable bonds is 6. The number of hydrogen-bond acceptors (Lipinski definition) is 5. The second-order valence-electron chi connectivity index (χ2n) is 13.2. The molecule has 2 aromatic rings. The summed E-state index contributed by atoms with van der Waals surface area (Å²) >= 11 is 0. The van der Waals surface area contributed by atoms with Crippen LogP contribution in [-0.4, -0.2) is 69.9 Å². The Morgan fingerprint density at radius 2 is 1.69 bits per heavy atom. The minimum Gasteiger partial charge on any atom is -0.353 e. The summed E-state index contributed by atoms with van der Waals surface area (Å²) in [5, 5.41) is 12.2. The Morgan fingerprint density at radius 3 is 2.44 bits per heavy atom. The molecule has 2 N–H and O–H groups in total. The normalized spacial score (nSPS) is 36.8. The largest absolute Gasteiger partial charge is 0.353 e. The minimum atomic E-state index is -0.229. The number of carbonyl (C=O) groups excluding carboxylic acids is 3. The molecule has 208 valence electrons. The Hall–Kier alpha value is -2.74. The lowest BCUT2D eigenvalue weighted by molar-refractivity contribution is -0.142. The van der Waals surface area contributed by atoms with Gasteiger partial charge in [-0.25, -0.2) is 0 Å². The molecule has 8 nitrogen and oxygen atoms in total. The van der Waals surface area contributed by atoms with Crippen LogP contribution in [0.5, 0.6) is 0 Å². The number of aromatic amines is 1. The van der Waals surface area contributed by atoms with Gasteiger partial charge in [0, 0.05) is 37.4 Å². The van der Waals surface area contributed by atoms with Crippen molar-refractivity contribution in [2.75, 3.05) is 26.2 Å². The van der Waals surface area contributed by atoms with E-state index >= 15 is 0 Å². The lowest BCUT2D eigenvalue weighted by Crippen LogP contribution is -2.48. The smallest absolute Gasteiger partial charge is 0.233 e. The molecule has 1 aromatic carbocycles. The molecule has 39 heavy (non-hydrogen) atoms. The van der Waals surface area contributed by atoms with Gasteiger partial charge < -0.3 is 10.2 Å². The molecule has 0 radical (unpaired) electrons. The number of benzene rings is 1. The predicted octanol–water partition coefficient (Wildman–Crippen LogP) is 3.55. The van der Waals surface area contributed by atoms with Gasteiger partial charge >= 0.3 is 0 Å². The van der Waals surface area contributed by atoms with E-state index in [-0.39, 0.29) is 53.4 Å². The highest BCUT2D eigenvalue weighted by atomic mass is 16.2. The Balaban J connectivity index is 0.974. The van der Waals surface area contributed by atoms with Gasteiger partial charge in [0.2, 0.25) is 17.7 Å². The van der Waals surface area contributed by atoms with Crippen LogP contribution in [0.15, 0.2) is 24.3 Å². The second-order valence-corrected chi connectivity index (χ2v) is 13.2. The minimum absolute atomic E-state index is 0.0204. The number of carbonyl (C=O) groups is 3. The van der Waals surface area contributed by atoms with Crippen molar-refractivity contribution in [3.8, 4) is 0 Å². The average Bonchev–Trinajstić information content (AvgIpc) is 3.73. The van der Waals surface area contributed by atoms with Crippen molar-refractivity contribution in [1.82, 2.24) is 25.3 Å². The van der Waals surface area contributed by atoms with Crippen LogP contribution >= 0.6 is 0 Å². The summed E-state index contributed by atoms with van der Waals surface area (Å²) in [6.45, 7) is 7.50. The maximum atomic E-state index is 13.6. The zero-order valence-corrected chi connectivity index (χ0v) is 23.1. The van der Waals surface area contributed by atoms with Gasteiger partial charge in [0.1, 0.15) is 0 Å². The van der Waals surface area contributed by atoms with Crippen molar-refractivity contribution in [1.29, 1.82) is 0 Å². The summed E-state index contributed by atoms with van der Waals surface area (Å²) in [7, 11) is 0. The molecule has 8 heteroatoms. The summed E-state index contributed by atoms with van der Waals surface area (Å²) in [5.41, 5.74) is 2.33. The first-order valence-electron chi connectivity index (χ1n) is 15.2. The third kappa shape index (κ3) is 4.12. The number of aromatic nitrogens is 2. The van der Waals surface area contributed by atoms with Crippen LogP contribution in [0.4, 0.5) is 0 Å². The van der Waals surface area contributed by atoms with Crippen molar-refractivity contribution >= 4 is 28.6 Å². The van der Waals surface area contributed by atoms with Crippen molar-refractivity contribution in [3.05, 3.63) is 30.0 Å². The van der Waals surface area contributed by atoms with Crippen LogP contribution in [-0.2, 0) is 14.4 Å². The monoisotopic (exact) mass is 531 g/mol. The Labute approximate surface area is 230 Å². The first kappa shape index (κ1) is 25.2. The number of amides is 3. The molecule has 3 amide bonds. The molecule has 2 bridgehead atoms. The summed E-state index contributed by atoms with van der Waals surface area (Å²) in [4.78, 5) is 43.3. The summed E-state index contributed by atoms with van der Waals surface area (Å²) in [5.74, 6) is 1.67. The van der Waals surface area contributed by atoms with Crippen LogP contribution in [0.25, 0.3) is 10.9 Å². The van der Waals surface area contributed by atoms with Gasteiger partial charge in [-0.2, -0.15) is 5.10 Å². The fourth-order valence-electron chi connectivity index (χ4n) is 9.35. The van der Waals surface area contributed by atoms with E-state index in [1.54, 1.807) is 11.8 Å². The fourth-order valence-corrected chi connectivity index (χ4v) is 9.35. The molecular formula is C31H41N5O3. The maximum Gasteiger partial charge on any atom is 0.233 e. The number of fused-ring (bicyclic) bond motifs is 6. The number of nitrogens with zero attached hydrogens (tertiary/aromatic N) is 3. The van der Waals surface area contributed by atoms with Crippen molar-refractivity contribution in [2.24, 2.45) is 41.4 Å². The zero-order valence-electron chi connectivity index (χ0n) is 23.1. The van der Waals surface area contributed by atoms with Crippen LogP contribution in [0.2, 0.25) is 0 Å². The van der Waals surface area contributed by atoms with Crippen LogP contribution in [0.3, 0.4) is 0 Å². The molecule has 3 saturated carbocycles. The number of H-pyrrole nitrogens is 1. The number of imide groups is 1. The highest BCUT2D eigenvalue weighted by Crippen LogP contribution is 2.58. The predicted molar refractivity (Wildman–Crippen MR) is 147 cm³/mol. The summed E-state index contributed by atoms with van der Waals surface area (Å²) < 4.78 is 0. The molecular weight excluding hydrogens is 490 g/mol. The third-order valence-corrected chi connectivity index (χ3v) is 11.2. The van der Waals surface area contributed by atoms with E-state index in [1.165, 1.54) is 23.9 Å². The average molecular weight is 532 g/mol. The van der Waals surface area contributed by atoms with Gasteiger partial charge in [0.25, 0.3) is 0 Å². The van der Waals surface area contributed by atoms with Crippen LogP contribution in [0, 0.1) is 41.4 Å². The SMILES string of the molecule is CC(=O)NC1C(C)C2CC1C1C(=O)N(C[C@H]3CCC[C@@H]3CN3CCC(c4n[nH]c5ccccc45)CC3)C(=O)C21. The van der Waals surface area contributed by atoms with Crippen LogP contribution < -0.4 is 5.32 Å². The standard InChI is InChI=1S/C31H41N5O3/c1-17-23-14-24(28(17)32-18(2)37)27-26(23)30(38)36(31(27)39)16-21-7-5-6-20(21)15-35-12-10-19(11-13-35)29-22-8-3-4-9-25(22)33-34-29/h3-4,8-9,17,19-21,23-24,26-28H,5-7,10-16H2,1-2H3,(H,32,37)(H,33,34)/t17?,20-,21-,23?,24?,26?,27?,28?/m1/s1. The molecule has 1 aromatic heterocycles. The molecule has 2 saturated heterocycles. The molecule has 3 aliphatic carbocycles. The van der Waals surface area contributed by atoms with Crippen molar-refractivity contribution in [2.45, 2.75) is 64.3 Å². The molecule has 3 heterocycles. The van der Waals surface area contributed by atoms with E-state index in [0.717, 1.165) is 50.8 Å². The van der Waals surface area contributed by atoms with E-state index in [9.17, 15) is 14.4 Å². The van der Waals surface area contributed by atoms with Gasteiger partial charge in [-0.15, -0.1) is 0 Å². The van der Waals surface area contributed by atoms with Gasteiger partial charge in [0.05, 0.1) is 23.0 Å². The van der Waals surface area contributed by atoms with Crippen molar-refractivity contribution in [3.63, 3.8) is 0 Å². The number of para-hydroxylation sites is 1. The lowest BCUT2D eigenvalue weighted by atomic mass is 9.73. The maximum absolute atomic E-state index is 13.6. The Kier molecular flexibility index (Phi) is 6.29. The highest BCUT2D eigenvalue weighted by Gasteiger charge is 2.66.